The summed E-state index contributed by atoms with van der Waals surface area (Å²) in [5, 5.41) is 0.410. The van der Waals surface area contributed by atoms with Gasteiger partial charge in [-0.3, -0.25) is 4.79 Å². The monoisotopic (exact) mass is 308 g/mol. The number of carbonyl (C=O) groups is 1. The molecule has 21 heavy (non-hydrogen) atoms. The highest BCUT2D eigenvalue weighted by molar-refractivity contribution is 6.29. The maximum Gasteiger partial charge on any atom is 0.254 e. The molecule has 2 rings (SSSR count). The minimum Gasteiger partial charge on any atom is -0.336 e. The van der Waals surface area contributed by atoms with Crippen LogP contribution in [0.2, 0.25) is 5.15 Å². The molecule has 2 heterocycles. The molecule has 1 aliphatic rings. The van der Waals surface area contributed by atoms with Crippen molar-refractivity contribution in [1.82, 2.24) is 9.88 Å². The summed E-state index contributed by atoms with van der Waals surface area (Å²) >= 11 is 6.10. The third-order valence-electron chi connectivity index (χ3n) is 4.26. The molecule has 1 atom stereocenters. The minimum absolute atomic E-state index is 0.106. The van der Waals surface area contributed by atoms with E-state index < -0.39 is 0 Å². The van der Waals surface area contributed by atoms with Gasteiger partial charge in [-0.15, -0.1) is 0 Å². The zero-order valence-corrected chi connectivity index (χ0v) is 14.0. The van der Waals surface area contributed by atoms with Gasteiger partial charge in [0, 0.05) is 23.8 Å². The summed E-state index contributed by atoms with van der Waals surface area (Å²) in [4.78, 5) is 19.2. The fourth-order valence-corrected chi connectivity index (χ4v) is 3.19. The Morgan fingerprint density at radius 3 is 2.81 bits per heavy atom. The minimum atomic E-state index is 0.106. The van der Waals surface area contributed by atoms with Crippen LogP contribution in [0.4, 0.5) is 0 Å². The largest absolute Gasteiger partial charge is 0.336 e. The summed E-state index contributed by atoms with van der Waals surface area (Å²) in [6, 6.07) is 3.96. The molecule has 1 fully saturated rings. The normalized spacial score (nSPS) is 19.7. The second kappa shape index (κ2) is 7.26. The first-order chi connectivity index (χ1) is 10.0. The number of pyridine rings is 1. The number of carbonyl (C=O) groups excluding carboxylic acids is 1. The Morgan fingerprint density at radius 1 is 1.38 bits per heavy atom. The Bertz CT molecular complexity index is 502. The van der Waals surface area contributed by atoms with E-state index >= 15 is 0 Å². The molecule has 1 saturated heterocycles. The number of likely N-dealkylation sites (tertiary alicyclic amines) is 1. The Morgan fingerprint density at radius 2 is 2.14 bits per heavy atom. The summed E-state index contributed by atoms with van der Waals surface area (Å²) in [6.07, 6.45) is 5.66. The second-order valence-corrected chi connectivity index (χ2v) is 6.56. The van der Waals surface area contributed by atoms with E-state index in [-0.39, 0.29) is 11.8 Å². The number of amides is 1. The summed E-state index contributed by atoms with van der Waals surface area (Å²) in [7, 11) is 0. The quantitative estimate of drug-likeness (QED) is 0.761. The molecule has 1 aromatic rings. The van der Waals surface area contributed by atoms with Gasteiger partial charge in [0.05, 0.1) is 0 Å². The fraction of sp³-hybridized carbons (Fsp3) is 0.647. The molecule has 116 valence electrons. The highest BCUT2D eigenvalue weighted by Crippen LogP contribution is 2.24. The van der Waals surface area contributed by atoms with Gasteiger partial charge in [-0.05, 0) is 37.3 Å². The average Bonchev–Trinajstić information content (AvgIpc) is 2.70. The van der Waals surface area contributed by atoms with Gasteiger partial charge in [-0.25, -0.2) is 4.98 Å². The van der Waals surface area contributed by atoms with Crippen molar-refractivity contribution in [2.75, 3.05) is 6.54 Å². The number of hydrogen-bond acceptors (Lipinski definition) is 2. The molecule has 3 nitrogen and oxygen atoms in total. The van der Waals surface area contributed by atoms with Gasteiger partial charge in [0.25, 0.3) is 5.91 Å². The number of aromatic nitrogens is 1. The molecule has 0 aromatic carbocycles. The van der Waals surface area contributed by atoms with E-state index in [1.807, 2.05) is 11.0 Å². The lowest BCUT2D eigenvalue weighted by Gasteiger charge is -2.29. The van der Waals surface area contributed by atoms with Gasteiger partial charge in [-0.1, -0.05) is 45.2 Å². The predicted octanol–water partition coefficient (Wildman–Crippen LogP) is 4.65. The van der Waals surface area contributed by atoms with Crippen LogP contribution in [0.1, 0.15) is 74.8 Å². The van der Waals surface area contributed by atoms with Crippen molar-refractivity contribution in [2.45, 2.75) is 64.8 Å². The van der Waals surface area contributed by atoms with Crippen LogP contribution in [0.15, 0.2) is 12.1 Å². The Hall–Kier alpha value is -1.09. The number of halogens is 1. The van der Waals surface area contributed by atoms with E-state index in [4.69, 9.17) is 11.6 Å². The van der Waals surface area contributed by atoms with Crippen molar-refractivity contribution in [3.05, 3.63) is 28.5 Å². The first-order valence-corrected chi connectivity index (χ1v) is 8.39. The summed E-state index contributed by atoms with van der Waals surface area (Å²) in [5.41, 5.74) is 1.56. The third kappa shape index (κ3) is 3.97. The van der Waals surface area contributed by atoms with Gasteiger partial charge in [0.2, 0.25) is 0 Å². The first-order valence-electron chi connectivity index (χ1n) is 8.01. The molecule has 0 aliphatic carbocycles. The molecule has 1 aliphatic heterocycles. The standard InChI is InChI=1S/C17H25ClN2O/c1-4-14-8-6-5-7-9-20(14)17(21)13-10-15(12(2)3)19-16(18)11-13/h10-12,14H,4-9H2,1-3H3. The predicted molar refractivity (Wildman–Crippen MR) is 86.9 cm³/mol. The van der Waals surface area contributed by atoms with Crippen LogP contribution in [0.5, 0.6) is 0 Å². The summed E-state index contributed by atoms with van der Waals surface area (Å²) < 4.78 is 0. The zero-order valence-electron chi connectivity index (χ0n) is 13.2. The van der Waals surface area contributed by atoms with Crippen LogP contribution in [-0.4, -0.2) is 28.4 Å². The van der Waals surface area contributed by atoms with E-state index in [2.05, 4.69) is 25.8 Å². The Labute approximate surface area is 132 Å². The van der Waals surface area contributed by atoms with Gasteiger partial charge in [-0.2, -0.15) is 0 Å². The maximum absolute atomic E-state index is 12.9. The molecule has 1 aromatic heterocycles. The van der Waals surface area contributed by atoms with Crippen LogP contribution in [0.25, 0.3) is 0 Å². The van der Waals surface area contributed by atoms with Crippen LogP contribution < -0.4 is 0 Å². The fourth-order valence-electron chi connectivity index (χ4n) is 2.97. The Balaban J connectivity index is 2.29. The topological polar surface area (TPSA) is 33.2 Å². The SMILES string of the molecule is CCC1CCCCCN1C(=O)c1cc(Cl)nc(C(C)C)c1. The molecule has 1 amide bonds. The lowest BCUT2D eigenvalue weighted by Crippen LogP contribution is -2.39. The van der Waals surface area contributed by atoms with Crippen molar-refractivity contribution >= 4 is 17.5 Å². The van der Waals surface area contributed by atoms with Crippen LogP contribution in [0, 0.1) is 0 Å². The third-order valence-corrected chi connectivity index (χ3v) is 4.46. The number of nitrogens with zero attached hydrogens (tertiary/aromatic N) is 2. The molecule has 0 bridgehead atoms. The summed E-state index contributed by atoms with van der Waals surface area (Å²) in [6.45, 7) is 7.14. The molecule has 0 radical (unpaired) electrons. The van der Waals surface area contributed by atoms with Crippen molar-refractivity contribution in [2.24, 2.45) is 0 Å². The van der Waals surface area contributed by atoms with Gasteiger partial charge in [0.1, 0.15) is 5.15 Å². The van der Waals surface area contributed by atoms with E-state index in [9.17, 15) is 4.79 Å². The molecule has 0 saturated carbocycles. The van der Waals surface area contributed by atoms with Crippen LogP contribution in [0.3, 0.4) is 0 Å². The first kappa shape index (κ1) is 16.3. The molecular formula is C17H25ClN2O. The number of hydrogen-bond donors (Lipinski definition) is 0. The highest BCUT2D eigenvalue weighted by Gasteiger charge is 2.25. The molecule has 0 N–H and O–H groups in total. The summed E-state index contributed by atoms with van der Waals surface area (Å²) in [5.74, 6) is 0.372. The van der Waals surface area contributed by atoms with Crippen molar-refractivity contribution < 1.29 is 4.79 Å². The van der Waals surface area contributed by atoms with Crippen LogP contribution >= 0.6 is 11.6 Å². The molecule has 0 spiro atoms. The second-order valence-electron chi connectivity index (χ2n) is 6.17. The smallest absolute Gasteiger partial charge is 0.254 e. The van der Waals surface area contributed by atoms with E-state index in [1.54, 1.807) is 6.07 Å². The molecule has 4 heteroatoms. The van der Waals surface area contributed by atoms with Gasteiger partial charge >= 0.3 is 0 Å². The van der Waals surface area contributed by atoms with E-state index in [0.717, 1.165) is 31.5 Å². The average molecular weight is 309 g/mol. The molecular weight excluding hydrogens is 284 g/mol. The molecule has 1 unspecified atom stereocenters. The zero-order chi connectivity index (χ0) is 15.4. The maximum atomic E-state index is 12.9. The van der Waals surface area contributed by atoms with Crippen molar-refractivity contribution in [3.8, 4) is 0 Å². The van der Waals surface area contributed by atoms with Crippen molar-refractivity contribution in [1.29, 1.82) is 0 Å². The lowest BCUT2D eigenvalue weighted by atomic mass is 10.0. The highest BCUT2D eigenvalue weighted by atomic mass is 35.5. The van der Waals surface area contributed by atoms with Gasteiger partial charge < -0.3 is 4.90 Å². The van der Waals surface area contributed by atoms with Crippen molar-refractivity contribution in [3.63, 3.8) is 0 Å². The van der Waals surface area contributed by atoms with E-state index in [1.165, 1.54) is 12.8 Å². The lowest BCUT2D eigenvalue weighted by molar-refractivity contribution is 0.0678. The van der Waals surface area contributed by atoms with Gasteiger partial charge in [0.15, 0.2) is 0 Å². The Kier molecular flexibility index (Phi) is 5.63. The van der Waals surface area contributed by atoms with E-state index in [0.29, 0.717) is 16.8 Å². The van der Waals surface area contributed by atoms with Crippen LogP contribution in [-0.2, 0) is 0 Å². The number of rotatable bonds is 3.